The molecule has 8 nitrogen and oxygen atoms in total. The molecule has 8 rings (SSSR count). The quantitative estimate of drug-likeness (QED) is 0.128. The number of anilines is 1. The van der Waals surface area contributed by atoms with Crippen molar-refractivity contribution in [3.8, 4) is 16.9 Å². The fraction of sp³-hybridized carbons (Fsp3) is 0.326. The van der Waals surface area contributed by atoms with Crippen molar-refractivity contribution in [1.29, 1.82) is 0 Å². The second-order valence-corrected chi connectivity index (χ2v) is 17.2. The van der Waals surface area contributed by atoms with E-state index in [9.17, 15) is 0 Å². The molecule has 4 aromatic heterocycles. The normalized spacial score (nSPS) is 14.3. The molecular weight excluding hydrogens is 819 g/mol. The molecule has 1 aliphatic rings. The molecule has 5 heterocycles. The number of nitrogens with zero attached hydrogens (tertiary/aromatic N) is 6. The average molecular weight is 867 g/mol. The standard InChI is InChI=1S/C46H47BrCl2N6O2/c1-9-34-21-31-17-25(2)18-39(43(31)53(34)24-33-22-32(47)14-15-50-33)54-23-28(5)55-44-37(12-13-38(48)41(44)40-29(6)51-52(8)30(40)7)36(45(55)46(54)56)11-10-16-57-35-19-26(3)42(49)27(4)20-35/h12-15,17-22,28H,9-11,16,23-24H2,1-8H3/t28-/m1/s1. The van der Waals surface area contributed by atoms with E-state index in [1.54, 1.807) is 0 Å². The second-order valence-electron chi connectivity index (χ2n) is 15.5. The molecule has 3 aromatic carbocycles. The Kier molecular flexibility index (Phi) is 10.5. The Hall–Kier alpha value is -4.57. The molecule has 7 aromatic rings. The van der Waals surface area contributed by atoms with Crippen LogP contribution in [0, 0.1) is 34.6 Å². The number of carbonyl (C=O) groups is 1. The molecule has 0 bridgehead atoms. The molecule has 0 saturated carbocycles. The Morgan fingerprint density at radius 3 is 2.39 bits per heavy atom. The van der Waals surface area contributed by atoms with Crippen molar-refractivity contribution in [2.45, 2.75) is 80.3 Å². The number of benzene rings is 3. The number of aryl methyl sites for hydroxylation is 7. The van der Waals surface area contributed by atoms with E-state index < -0.39 is 0 Å². The number of rotatable bonds is 10. The highest BCUT2D eigenvalue weighted by atomic mass is 79.9. The maximum atomic E-state index is 15.5. The fourth-order valence-corrected chi connectivity index (χ4v) is 9.64. The van der Waals surface area contributed by atoms with Gasteiger partial charge in [0.1, 0.15) is 11.4 Å². The van der Waals surface area contributed by atoms with Crippen LogP contribution in [0.1, 0.15) is 81.8 Å². The van der Waals surface area contributed by atoms with Gasteiger partial charge in [-0.2, -0.15) is 5.10 Å². The Labute approximate surface area is 352 Å². The predicted molar refractivity (Wildman–Crippen MR) is 237 cm³/mol. The van der Waals surface area contributed by atoms with Gasteiger partial charge >= 0.3 is 0 Å². The summed E-state index contributed by atoms with van der Waals surface area (Å²) >= 11 is 17.3. The first kappa shape index (κ1) is 39.3. The van der Waals surface area contributed by atoms with Gasteiger partial charge < -0.3 is 18.8 Å². The highest BCUT2D eigenvalue weighted by Gasteiger charge is 2.38. The molecule has 1 atom stereocenters. The molecule has 0 unspecified atom stereocenters. The van der Waals surface area contributed by atoms with Gasteiger partial charge in [0.05, 0.1) is 46.3 Å². The number of hydrogen-bond acceptors (Lipinski definition) is 4. The van der Waals surface area contributed by atoms with E-state index in [1.165, 1.54) is 5.69 Å². The summed E-state index contributed by atoms with van der Waals surface area (Å²) in [5, 5.41) is 8.31. The Morgan fingerprint density at radius 1 is 0.947 bits per heavy atom. The largest absolute Gasteiger partial charge is 0.494 e. The third-order valence-corrected chi connectivity index (χ3v) is 12.9. The lowest BCUT2D eigenvalue weighted by Crippen LogP contribution is -2.43. The van der Waals surface area contributed by atoms with E-state index in [2.05, 4.69) is 83.1 Å². The molecule has 11 heteroatoms. The summed E-state index contributed by atoms with van der Waals surface area (Å²) < 4.78 is 13.8. The third kappa shape index (κ3) is 6.85. The molecular formula is C46H47BrCl2N6O2. The van der Waals surface area contributed by atoms with Gasteiger partial charge in [0, 0.05) is 68.6 Å². The second kappa shape index (κ2) is 15.3. The van der Waals surface area contributed by atoms with Crippen LogP contribution < -0.4 is 9.64 Å². The van der Waals surface area contributed by atoms with E-state index in [0.717, 1.165) is 99.6 Å². The fourth-order valence-electron chi connectivity index (χ4n) is 8.91. The van der Waals surface area contributed by atoms with Gasteiger partial charge in [0.15, 0.2) is 0 Å². The first-order chi connectivity index (χ1) is 27.3. The van der Waals surface area contributed by atoms with Crippen LogP contribution in [0.3, 0.4) is 0 Å². The number of pyridine rings is 1. The van der Waals surface area contributed by atoms with Gasteiger partial charge in [0.2, 0.25) is 0 Å². The summed E-state index contributed by atoms with van der Waals surface area (Å²) in [5.41, 5.74) is 13.7. The van der Waals surface area contributed by atoms with Crippen molar-refractivity contribution in [2.24, 2.45) is 7.05 Å². The van der Waals surface area contributed by atoms with E-state index in [4.69, 9.17) is 38.0 Å². The lowest BCUT2D eigenvalue weighted by Gasteiger charge is -2.35. The highest BCUT2D eigenvalue weighted by molar-refractivity contribution is 9.10. The van der Waals surface area contributed by atoms with Gasteiger partial charge in [-0.15, -0.1) is 0 Å². The molecule has 294 valence electrons. The number of fused-ring (bicyclic) bond motifs is 4. The Bertz CT molecular complexity index is 2720. The van der Waals surface area contributed by atoms with Crippen molar-refractivity contribution in [3.63, 3.8) is 0 Å². The van der Waals surface area contributed by atoms with Crippen molar-refractivity contribution in [3.05, 3.63) is 126 Å². The number of amides is 1. The zero-order valence-corrected chi connectivity index (χ0v) is 36.8. The lowest BCUT2D eigenvalue weighted by atomic mass is 9.98. The maximum absolute atomic E-state index is 15.5. The molecule has 57 heavy (non-hydrogen) atoms. The summed E-state index contributed by atoms with van der Waals surface area (Å²) in [6.45, 7) is 16.2. The summed E-state index contributed by atoms with van der Waals surface area (Å²) in [6.07, 6.45) is 4.01. The number of carbonyl (C=O) groups excluding carboxylic acids is 1. The molecule has 0 aliphatic carbocycles. The molecule has 0 fully saturated rings. The number of hydrogen-bond donors (Lipinski definition) is 0. The summed E-state index contributed by atoms with van der Waals surface area (Å²) in [7, 11) is 1.96. The molecule has 0 spiro atoms. The topological polar surface area (TPSA) is 70.1 Å². The van der Waals surface area contributed by atoms with Crippen molar-refractivity contribution in [1.82, 2.24) is 23.9 Å². The minimum Gasteiger partial charge on any atom is -0.494 e. The first-order valence-electron chi connectivity index (χ1n) is 19.6. The first-order valence-corrected chi connectivity index (χ1v) is 21.1. The molecule has 0 saturated heterocycles. The van der Waals surface area contributed by atoms with E-state index in [-0.39, 0.29) is 11.9 Å². The van der Waals surface area contributed by atoms with Gasteiger partial charge in [0.25, 0.3) is 5.91 Å². The minimum absolute atomic E-state index is 0.0239. The van der Waals surface area contributed by atoms with E-state index in [1.807, 2.05) is 67.9 Å². The lowest BCUT2D eigenvalue weighted by molar-refractivity contribution is 0.0957. The Morgan fingerprint density at radius 2 is 1.70 bits per heavy atom. The van der Waals surface area contributed by atoms with Crippen LogP contribution in [0.25, 0.3) is 32.9 Å². The Balaban J connectivity index is 1.29. The SMILES string of the molecule is CCc1cc2cc(C)cc(N3C[C@@H](C)n4c(c(CCCOc5cc(C)c(Cl)c(C)c5)c5ccc(Cl)c(-c6c(C)nn(C)c6C)c54)C3=O)c2n1Cc1cc(Br)ccn1. The van der Waals surface area contributed by atoms with Crippen LogP contribution in [0.15, 0.2) is 65.3 Å². The predicted octanol–water partition coefficient (Wildman–Crippen LogP) is 11.8. The van der Waals surface area contributed by atoms with Crippen LogP contribution in [-0.4, -0.2) is 43.0 Å². The molecule has 0 N–H and O–H groups in total. The average Bonchev–Trinajstić information content (AvgIpc) is 3.78. The van der Waals surface area contributed by atoms with Crippen LogP contribution in [-0.2, 0) is 26.4 Å². The summed E-state index contributed by atoms with van der Waals surface area (Å²) in [5.74, 6) is 0.769. The van der Waals surface area contributed by atoms with Crippen molar-refractivity contribution < 1.29 is 9.53 Å². The van der Waals surface area contributed by atoms with E-state index in [0.29, 0.717) is 43.3 Å². The zero-order valence-electron chi connectivity index (χ0n) is 33.7. The summed E-state index contributed by atoms with van der Waals surface area (Å²) in [4.78, 5) is 22.2. The monoisotopic (exact) mass is 864 g/mol. The van der Waals surface area contributed by atoms with Gasteiger partial charge in [-0.1, -0.05) is 52.1 Å². The number of halogens is 3. The maximum Gasteiger partial charge on any atom is 0.275 e. The van der Waals surface area contributed by atoms with Crippen molar-refractivity contribution >= 4 is 72.5 Å². The van der Waals surface area contributed by atoms with Crippen LogP contribution in [0.2, 0.25) is 10.0 Å². The van der Waals surface area contributed by atoms with Gasteiger partial charge in [-0.3, -0.25) is 14.5 Å². The third-order valence-electron chi connectivity index (χ3n) is 11.5. The van der Waals surface area contributed by atoms with Crippen LogP contribution in [0.5, 0.6) is 5.75 Å². The van der Waals surface area contributed by atoms with Crippen LogP contribution in [0.4, 0.5) is 5.69 Å². The number of aromatic nitrogens is 5. The smallest absolute Gasteiger partial charge is 0.275 e. The van der Waals surface area contributed by atoms with Crippen LogP contribution >= 0.6 is 39.1 Å². The molecule has 1 aliphatic heterocycles. The molecule has 0 radical (unpaired) electrons. The minimum atomic E-state index is -0.0731. The summed E-state index contributed by atoms with van der Waals surface area (Å²) in [6, 6.07) is 18.6. The van der Waals surface area contributed by atoms with E-state index >= 15 is 4.79 Å². The zero-order chi connectivity index (χ0) is 40.4. The number of ether oxygens (including phenoxy) is 1. The van der Waals surface area contributed by atoms with Crippen molar-refractivity contribution in [2.75, 3.05) is 18.1 Å². The van der Waals surface area contributed by atoms with Gasteiger partial charge in [-0.05, 0) is 132 Å². The van der Waals surface area contributed by atoms with Gasteiger partial charge in [-0.25, -0.2) is 0 Å². The highest BCUT2D eigenvalue weighted by Crippen LogP contribution is 2.46. The molecule has 1 amide bonds.